The molecule has 6 heteroatoms. The van der Waals surface area contributed by atoms with Crippen LogP contribution in [0.25, 0.3) is 11.1 Å². The van der Waals surface area contributed by atoms with Crippen LogP contribution in [0.2, 0.25) is 0 Å². The Morgan fingerprint density at radius 3 is 2.07 bits per heavy atom. The standard InChI is InChI=1S/C22H25NO5/c1-14(2)22(13-27-3,20(24)25)23-21(26)28-12-19-17-10-6-4-8-15(17)16-9-5-7-11-18(16)19/h4-11,14,19H,12-13H2,1-3H3,(H,23,26)(H,24,25). The first-order valence-electron chi connectivity index (χ1n) is 9.26. The largest absolute Gasteiger partial charge is 0.479 e. The third-order valence-electron chi connectivity index (χ3n) is 5.41. The summed E-state index contributed by atoms with van der Waals surface area (Å²) in [5.74, 6) is -1.62. The highest BCUT2D eigenvalue weighted by Crippen LogP contribution is 2.44. The Morgan fingerprint density at radius 1 is 1.07 bits per heavy atom. The molecule has 0 radical (unpaired) electrons. The van der Waals surface area contributed by atoms with E-state index in [1.807, 2.05) is 36.4 Å². The van der Waals surface area contributed by atoms with Gasteiger partial charge in [-0.3, -0.25) is 0 Å². The first-order chi connectivity index (χ1) is 13.4. The highest BCUT2D eigenvalue weighted by molar-refractivity contribution is 5.85. The molecule has 6 nitrogen and oxygen atoms in total. The number of ether oxygens (including phenoxy) is 2. The molecular formula is C22H25NO5. The lowest BCUT2D eigenvalue weighted by atomic mass is 9.87. The minimum absolute atomic E-state index is 0.0844. The zero-order chi connectivity index (χ0) is 20.3. The number of hydrogen-bond acceptors (Lipinski definition) is 4. The first-order valence-corrected chi connectivity index (χ1v) is 9.26. The monoisotopic (exact) mass is 383 g/mol. The molecule has 2 N–H and O–H groups in total. The van der Waals surface area contributed by atoms with Crippen LogP contribution in [0.15, 0.2) is 48.5 Å². The number of hydrogen-bond donors (Lipinski definition) is 2. The lowest BCUT2D eigenvalue weighted by Crippen LogP contribution is -2.61. The predicted octanol–water partition coefficient (Wildman–Crippen LogP) is 3.65. The van der Waals surface area contributed by atoms with Gasteiger partial charge >= 0.3 is 12.1 Å². The highest BCUT2D eigenvalue weighted by atomic mass is 16.6. The van der Waals surface area contributed by atoms with Gasteiger partial charge in [0.15, 0.2) is 5.54 Å². The van der Waals surface area contributed by atoms with Crippen LogP contribution >= 0.6 is 0 Å². The maximum atomic E-state index is 12.5. The van der Waals surface area contributed by atoms with Crippen molar-refractivity contribution in [1.82, 2.24) is 5.32 Å². The second kappa shape index (κ2) is 8.02. The average Bonchev–Trinajstić information content (AvgIpc) is 2.99. The number of nitrogens with one attached hydrogen (secondary N) is 1. The molecule has 1 unspecified atom stereocenters. The van der Waals surface area contributed by atoms with E-state index < -0.39 is 17.6 Å². The summed E-state index contributed by atoms with van der Waals surface area (Å²) < 4.78 is 10.5. The average molecular weight is 383 g/mol. The smallest absolute Gasteiger partial charge is 0.408 e. The normalized spacial score (nSPS) is 14.9. The summed E-state index contributed by atoms with van der Waals surface area (Å²) in [7, 11) is 1.40. The van der Waals surface area contributed by atoms with Crippen LogP contribution < -0.4 is 5.32 Å². The van der Waals surface area contributed by atoms with Gasteiger partial charge in [0.25, 0.3) is 0 Å². The van der Waals surface area contributed by atoms with Crippen molar-refractivity contribution in [3.05, 3.63) is 59.7 Å². The molecule has 1 aliphatic rings. The number of fused-ring (bicyclic) bond motifs is 3. The van der Waals surface area contributed by atoms with E-state index in [9.17, 15) is 14.7 Å². The Balaban J connectivity index is 1.77. The van der Waals surface area contributed by atoms with E-state index >= 15 is 0 Å². The van der Waals surface area contributed by atoms with Crippen molar-refractivity contribution in [2.45, 2.75) is 25.3 Å². The highest BCUT2D eigenvalue weighted by Gasteiger charge is 2.44. The van der Waals surface area contributed by atoms with Gasteiger partial charge in [-0.15, -0.1) is 0 Å². The summed E-state index contributed by atoms with van der Waals surface area (Å²) in [6.07, 6.45) is -0.769. The molecule has 28 heavy (non-hydrogen) atoms. The number of aliphatic carboxylic acids is 1. The lowest BCUT2D eigenvalue weighted by Gasteiger charge is -2.33. The maximum Gasteiger partial charge on any atom is 0.408 e. The van der Waals surface area contributed by atoms with Gasteiger partial charge in [0, 0.05) is 13.0 Å². The third kappa shape index (κ3) is 3.47. The zero-order valence-electron chi connectivity index (χ0n) is 16.3. The van der Waals surface area contributed by atoms with Crippen molar-refractivity contribution < 1.29 is 24.2 Å². The zero-order valence-corrected chi connectivity index (χ0v) is 16.3. The van der Waals surface area contributed by atoms with Gasteiger partial charge in [-0.2, -0.15) is 0 Å². The van der Waals surface area contributed by atoms with Crippen LogP contribution in [0.5, 0.6) is 0 Å². The van der Waals surface area contributed by atoms with Gasteiger partial charge in [-0.1, -0.05) is 62.4 Å². The summed E-state index contributed by atoms with van der Waals surface area (Å²) in [5.41, 5.74) is 2.92. The SMILES string of the molecule is COCC(NC(=O)OCC1c2ccccc2-c2ccccc21)(C(=O)O)C(C)C. The van der Waals surface area contributed by atoms with E-state index in [2.05, 4.69) is 17.4 Å². The number of alkyl carbamates (subject to hydrolysis) is 1. The summed E-state index contributed by atoms with van der Waals surface area (Å²) >= 11 is 0. The second-order valence-electron chi connectivity index (χ2n) is 7.31. The van der Waals surface area contributed by atoms with Crippen molar-refractivity contribution >= 4 is 12.1 Å². The third-order valence-corrected chi connectivity index (χ3v) is 5.41. The number of carboxylic acid groups (broad SMARTS) is 1. The number of carbonyl (C=O) groups is 2. The molecule has 148 valence electrons. The van der Waals surface area contributed by atoms with Crippen molar-refractivity contribution in [2.75, 3.05) is 20.3 Å². The van der Waals surface area contributed by atoms with E-state index in [4.69, 9.17) is 9.47 Å². The summed E-state index contributed by atoms with van der Waals surface area (Å²) in [6, 6.07) is 16.1. The topological polar surface area (TPSA) is 84.9 Å². The van der Waals surface area contributed by atoms with Crippen LogP contribution in [0.3, 0.4) is 0 Å². The minimum Gasteiger partial charge on any atom is -0.479 e. The van der Waals surface area contributed by atoms with E-state index in [0.29, 0.717) is 0 Å². The Morgan fingerprint density at radius 2 is 1.61 bits per heavy atom. The molecule has 0 bridgehead atoms. The van der Waals surface area contributed by atoms with E-state index in [-0.39, 0.29) is 25.0 Å². The van der Waals surface area contributed by atoms with Crippen LogP contribution in [-0.4, -0.2) is 43.0 Å². The number of carboxylic acids is 1. The number of carbonyl (C=O) groups excluding carboxylic acids is 1. The Labute approximate surface area is 164 Å². The number of benzene rings is 2. The molecule has 2 aromatic rings. The van der Waals surface area contributed by atoms with Gasteiger partial charge in [0.1, 0.15) is 6.61 Å². The predicted molar refractivity (Wildman–Crippen MR) is 105 cm³/mol. The van der Waals surface area contributed by atoms with Gasteiger partial charge in [-0.05, 0) is 28.2 Å². The molecule has 0 saturated carbocycles. The fraction of sp³-hybridized carbons (Fsp3) is 0.364. The molecule has 1 atom stereocenters. The Bertz CT molecular complexity index is 833. The Hall–Kier alpha value is -2.86. The first kappa shape index (κ1) is 19.9. The van der Waals surface area contributed by atoms with Crippen molar-refractivity contribution in [1.29, 1.82) is 0 Å². The van der Waals surface area contributed by atoms with Crippen molar-refractivity contribution in [2.24, 2.45) is 5.92 Å². The molecule has 0 saturated heterocycles. The lowest BCUT2D eigenvalue weighted by molar-refractivity contribution is -0.149. The number of methoxy groups -OCH3 is 1. The van der Waals surface area contributed by atoms with E-state index in [1.54, 1.807) is 13.8 Å². The number of rotatable bonds is 7. The fourth-order valence-corrected chi connectivity index (χ4v) is 3.75. The van der Waals surface area contributed by atoms with Crippen LogP contribution in [0, 0.1) is 5.92 Å². The van der Waals surface area contributed by atoms with Gasteiger partial charge in [0.2, 0.25) is 0 Å². The summed E-state index contributed by atoms with van der Waals surface area (Å²) in [4.78, 5) is 24.3. The van der Waals surface area contributed by atoms with E-state index in [0.717, 1.165) is 22.3 Å². The van der Waals surface area contributed by atoms with Gasteiger partial charge < -0.3 is 19.9 Å². The second-order valence-corrected chi connectivity index (χ2v) is 7.31. The van der Waals surface area contributed by atoms with Gasteiger partial charge in [-0.25, -0.2) is 9.59 Å². The molecule has 0 fully saturated rings. The molecule has 1 amide bonds. The summed E-state index contributed by atoms with van der Waals surface area (Å²) in [5, 5.41) is 12.2. The fourth-order valence-electron chi connectivity index (χ4n) is 3.75. The quantitative estimate of drug-likeness (QED) is 0.762. The van der Waals surface area contributed by atoms with E-state index in [1.165, 1.54) is 7.11 Å². The molecular weight excluding hydrogens is 358 g/mol. The van der Waals surface area contributed by atoms with Gasteiger partial charge in [0.05, 0.1) is 6.61 Å². The van der Waals surface area contributed by atoms with Crippen molar-refractivity contribution in [3.8, 4) is 11.1 Å². The molecule has 3 rings (SSSR count). The maximum absolute atomic E-state index is 12.5. The minimum atomic E-state index is -1.54. The summed E-state index contributed by atoms with van der Waals surface area (Å²) in [6.45, 7) is 3.42. The Kier molecular flexibility index (Phi) is 5.70. The molecule has 2 aromatic carbocycles. The molecule has 0 aliphatic heterocycles. The molecule has 0 spiro atoms. The molecule has 0 heterocycles. The van der Waals surface area contributed by atoms with Crippen LogP contribution in [-0.2, 0) is 14.3 Å². The van der Waals surface area contributed by atoms with Crippen LogP contribution in [0.4, 0.5) is 4.79 Å². The van der Waals surface area contributed by atoms with Crippen LogP contribution in [0.1, 0.15) is 30.9 Å². The molecule has 1 aliphatic carbocycles. The number of amides is 1. The van der Waals surface area contributed by atoms with Crippen molar-refractivity contribution in [3.63, 3.8) is 0 Å². The molecule has 0 aromatic heterocycles.